The van der Waals surface area contributed by atoms with E-state index in [1.807, 2.05) is 0 Å². The zero-order chi connectivity index (χ0) is 13.1. The summed E-state index contributed by atoms with van der Waals surface area (Å²) in [5.41, 5.74) is -0.476. The quantitative estimate of drug-likeness (QED) is 0.464. The predicted octanol–water partition coefficient (Wildman–Crippen LogP) is 1.62. The van der Waals surface area contributed by atoms with Crippen molar-refractivity contribution in [2.75, 3.05) is 18.7 Å². The number of halogens is 1. The number of nitrogens with zero attached hydrogens (tertiary/aromatic N) is 1. The van der Waals surface area contributed by atoms with Crippen LogP contribution in [0.5, 0.6) is 5.75 Å². The second-order valence-corrected chi connectivity index (χ2v) is 5.55. The van der Waals surface area contributed by atoms with Gasteiger partial charge >= 0.3 is 0 Å². The second kappa shape index (κ2) is 5.33. The molecule has 0 saturated carbocycles. The molecule has 0 atom stereocenters. The Morgan fingerprint density at radius 2 is 2.12 bits per heavy atom. The topological polar surface area (TPSA) is 86.5 Å². The van der Waals surface area contributed by atoms with Crippen molar-refractivity contribution in [1.82, 2.24) is 0 Å². The minimum absolute atomic E-state index is 0.128. The van der Waals surface area contributed by atoms with E-state index in [0.29, 0.717) is 0 Å². The van der Waals surface area contributed by atoms with Crippen LogP contribution in [0.3, 0.4) is 0 Å². The van der Waals surface area contributed by atoms with Crippen LogP contribution in [0, 0.1) is 10.1 Å². The molecule has 0 aliphatic heterocycles. The van der Waals surface area contributed by atoms with E-state index in [2.05, 4.69) is 0 Å². The predicted molar refractivity (Wildman–Crippen MR) is 62.4 cm³/mol. The highest BCUT2D eigenvalue weighted by Crippen LogP contribution is 2.28. The standard InChI is InChI=1S/C9H10ClNO5S/c1-16-7-2-3-8(11(12)13)9(6-7)17(14,15)5-4-10/h2-3,6H,4-5H2,1H3. The highest BCUT2D eigenvalue weighted by molar-refractivity contribution is 7.91. The lowest BCUT2D eigenvalue weighted by atomic mass is 10.3. The third-order valence-corrected chi connectivity index (χ3v) is 4.20. The molecule has 8 heteroatoms. The van der Waals surface area contributed by atoms with Crippen molar-refractivity contribution in [3.05, 3.63) is 28.3 Å². The zero-order valence-corrected chi connectivity index (χ0v) is 10.5. The van der Waals surface area contributed by atoms with Gasteiger partial charge in [0.25, 0.3) is 5.69 Å². The molecule has 0 bridgehead atoms. The van der Waals surface area contributed by atoms with E-state index in [4.69, 9.17) is 16.3 Å². The van der Waals surface area contributed by atoms with Gasteiger partial charge < -0.3 is 4.74 Å². The first-order chi connectivity index (χ1) is 7.92. The van der Waals surface area contributed by atoms with Crippen LogP contribution < -0.4 is 4.74 Å². The van der Waals surface area contributed by atoms with Crippen LogP contribution in [0.4, 0.5) is 5.69 Å². The molecule has 0 unspecified atom stereocenters. The second-order valence-electron chi connectivity index (χ2n) is 3.10. The number of methoxy groups -OCH3 is 1. The Morgan fingerprint density at radius 1 is 1.47 bits per heavy atom. The molecule has 0 N–H and O–H groups in total. The fourth-order valence-electron chi connectivity index (χ4n) is 1.23. The van der Waals surface area contributed by atoms with Gasteiger partial charge in [-0.1, -0.05) is 0 Å². The summed E-state index contributed by atoms with van der Waals surface area (Å²) < 4.78 is 28.4. The molecule has 1 rings (SSSR count). The van der Waals surface area contributed by atoms with Crippen LogP contribution in [0.25, 0.3) is 0 Å². The third-order valence-electron chi connectivity index (χ3n) is 2.04. The number of rotatable bonds is 5. The van der Waals surface area contributed by atoms with Crippen LogP contribution in [0.2, 0.25) is 0 Å². The van der Waals surface area contributed by atoms with E-state index in [9.17, 15) is 18.5 Å². The number of hydrogen-bond acceptors (Lipinski definition) is 5. The van der Waals surface area contributed by atoms with Crippen molar-refractivity contribution in [1.29, 1.82) is 0 Å². The van der Waals surface area contributed by atoms with Crippen LogP contribution in [-0.2, 0) is 9.84 Å². The van der Waals surface area contributed by atoms with Gasteiger partial charge in [-0.25, -0.2) is 8.42 Å². The molecule has 1 aromatic carbocycles. The Hall–Kier alpha value is -1.34. The van der Waals surface area contributed by atoms with Gasteiger partial charge in [0.15, 0.2) is 9.84 Å². The molecule has 0 spiro atoms. The minimum Gasteiger partial charge on any atom is -0.497 e. The van der Waals surface area contributed by atoms with Crippen LogP contribution in [-0.4, -0.2) is 32.1 Å². The van der Waals surface area contributed by atoms with Gasteiger partial charge in [0.1, 0.15) is 10.6 Å². The van der Waals surface area contributed by atoms with Crippen LogP contribution in [0.15, 0.2) is 23.1 Å². The average molecular weight is 280 g/mol. The maximum atomic E-state index is 11.8. The number of nitro groups is 1. The monoisotopic (exact) mass is 279 g/mol. The average Bonchev–Trinajstić information content (AvgIpc) is 2.28. The molecule has 0 radical (unpaired) electrons. The van der Waals surface area contributed by atoms with Crippen molar-refractivity contribution in [3.8, 4) is 5.75 Å². The molecule has 0 saturated heterocycles. The normalized spacial score (nSPS) is 11.2. The molecule has 0 heterocycles. The fraction of sp³-hybridized carbons (Fsp3) is 0.333. The number of benzene rings is 1. The maximum absolute atomic E-state index is 11.8. The van der Waals surface area contributed by atoms with E-state index in [1.165, 1.54) is 13.2 Å². The summed E-state index contributed by atoms with van der Waals surface area (Å²) in [4.78, 5) is 9.62. The van der Waals surface area contributed by atoms with Crippen molar-refractivity contribution >= 4 is 27.1 Å². The molecule has 0 amide bonds. The lowest BCUT2D eigenvalue weighted by Gasteiger charge is -2.06. The van der Waals surface area contributed by atoms with E-state index in [0.717, 1.165) is 12.1 Å². The van der Waals surface area contributed by atoms with Gasteiger partial charge in [0, 0.05) is 18.0 Å². The summed E-state index contributed by atoms with van der Waals surface area (Å²) in [5, 5.41) is 10.7. The van der Waals surface area contributed by atoms with Gasteiger partial charge in [-0.2, -0.15) is 0 Å². The zero-order valence-electron chi connectivity index (χ0n) is 8.92. The summed E-state index contributed by atoms with van der Waals surface area (Å²) >= 11 is 5.36. The maximum Gasteiger partial charge on any atom is 0.288 e. The van der Waals surface area contributed by atoms with Gasteiger partial charge in [0.05, 0.1) is 17.8 Å². The molecule has 17 heavy (non-hydrogen) atoms. The minimum atomic E-state index is -3.77. The molecule has 94 valence electrons. The van der Waals surface area contributed by atoms with Crippen LogP contribution in [0.1, 0.15) is 0 Å². The van der Waals surface area contributed by atoms with E-state index in [-0.39, 0.29) is 22.3 Å². The van der Waals surface area contributed by atoms with Gasteiger partial charge in [0.2, 0.25) is 0 Å². The largest absolute Gasteiger partial charge is 0.497 e. The van der Waals surface area contributed by atoms with E-state index in [1.54, 1.807) is 0 Å². The number of nitro benzene ring substituents is 1. The first-order valence-corrected chi connectivity index (χ1v) is 6.72. The molecule has 0 fully saturated rings. The summed E-state index contributed by atoms with van der Waals surface area (Å²) in [7, 11) is -2.43. The number of sulfone groups is 1. The lowest BCUT2D eigenvalue weighted by Crippen LogP contribution is -2.10. The molecule has 0 aromatic heterocycles. The van der Waals surface area contributed by atoms with Crippen molar-refractivity contribution in [3.63, 3.8) is 0 Å². The Kier molecular flexibility index (Phi) is 4.30. The van der Waals surface area contributed by atoms with Gasteiger partial charge in [-0.3, -0.25) is 10.1 Å². The summed E-state index contributed by atoms with van der Waals surface area (Å²) in [6.45, 7) is 0. The van der Waals surface area contributed by atoms with Gasteiger partial charge in [-0.15, -0.1) is 11.6 Å². The first-order valence-electron chi connectivity index (χ1n) is 4.53. The van der Waals surface area contributed by atoms with Crippen molar-refractivity contribution in [2.24, 2.45) is 0 Å². The molecule has 6 nitrogen and oxygen atoms in total. The highest BCUT2D eigenvalue weighted by Gasteiger charge is 2.25. The first kappa shape index (κ1) is 13.7. The molecular weight excluding hydrogens is 270 g/mol. The molecular formula is C9H10ClNO5S. The van der Waals surface area contributed by atoms with E-state index < -0.39 is 20.4 Å². The summed E-state index contributed by atoms with van der Waals surface area (Å²) in [6.07, 6.45) is 0. The highest BCUT2D eigenvalue weighted by atomic mass is 35.5. The Morgan fingerprint density at radius 3 is 2.59 bits per heavy atom. The van der Waals surface area contributed by atoms with Crippen LogP contribution >= 0.6 is 11.6 Å². The molecule has 0 aliphatic carbocycles. The van der Waals surface area contributed by atoms with Crippen molar-refractivity contribution in [2.45, 2.75) is 4.90 Å². The summed E-state index contributed by atoms with van der Waals surface area (Å²) in [6, 6.07) is 3.55. The molecule has 1 aromatic rings. The third kappa shape index (κ3) is 3.07. The number of hydrogen-bond donors (Lipinski definition) is 0. The molecule has 0 aliphatic rings. The van der Waals surface area contributed by atoms with E-state index >= 15 is 0 Å². The Labute approximate surface area is 103 Å². The SMILES string of the molecule is COc1ccc([N+](=O)[O-])c(S(=O)(=O)CCCl)c1. The number of ether oxygens (including phenoxy) is 1. The fourth-order valence-corrected chi connectivity index (χ4v) is 3.02. The van der Waals surface area contributed by atoms with Crippen molar-refractivity contribution < 1.29 is 18.1 Å². The number of alkyl halides is 1. The van der Waals surface area contributed by atoms with Gasteiger partial charge in [-0.05, 0) is 6.07 Å². The lowest BCUT2D eigenvalue weighted by molar-refractivity contribution is -0.387. The Bertz CT molecular complexity index is 528. The Balaban J connectivity index is 3.42. The smallest absolute Gasteiger partial charge is 0.288 e. The summed E-state index contributed by atoms with van der Waals surface area (Å²) in [5.74, 6) is -0.247.